The minimum atomic E-state index is 0.337. The first-order valence-corrected chi connectivity index (χ1v) is 3.46. The molecule has 0 unspecified atom stereocenters. The van der Waals surface area contributed by atoms with Crippen molar-refractivity contribution in [2.45, 2.75) is 6.92 Å². The molecule has 0 fully saturated rings. The van der Waals surface area contributed by atoms with Crippen LogP contribution in [0.5, 0.6) is 5.75 Å². The Bertz CT molecular complexity index is 270. The molecule has 11 heavy (non-hydrogen) atoms. The number of hydrogen-bond acceptors (Lipinski definition) is 1. The highest BCUT2D eigenvalue weighted by Crippen LogP contribution is 2.11. The predicted octanol–water partition coefficient (Wildman–Crippen LogP) is 2.01. The molecule has 0 spiro atoms. The van der Waals surface area contributed by atoms with Gasteiger partial charge in [-0.2, -0.15) is 0 Å². The minimum absolute atomic E-state index is 0.337. The third kappa shape index (κ3) is 2.35. The van der Waals surface area contributed by atoms with Gasteiger partial charge in [0, 0.05) is 0 Å². The molecular weight excluding hydrogens is 136 g/mol. The number of benzene rings is 1. The molecule has 1 aromatic carbocycles. The van der Waals surface area contributed by atoms with Crippen LogP contribution in [0.4, 0.5) is 0 Å². The summed E-state index contributed by atoms with van der Waals surface area (Å²) in [5.41, 5.74) is 1.18. The van der Waals surface area contributed by atoms with Crippen LogP contribution in [-0.4, -0.2) is 6.61 Å². The van der Waals surface area contributed by atoms with Crippen LogP contribution in [0.1, 0.15) is 5.56 Å². The Kier molecular flexibility index (Phi) is 2.57. The number of rotatable bonds is 2. The van der Waals surface area contributed by atoms with E-state index in [4.69, 9.17) is 11.2 Å². The third-order valence-corrected chi connectivity index (χ3v) is 1.31. The lowest BCUT2D eigenvalue weighted by atomic mass is 10.2. The number of aryl methyl sites for hydroxylation is 1. The van der Waals surface area contributed by atoms with E-state index in [-0.39, 0.29) is 0 Å². The molecule has 0 heterocycles. The van der Waals surface area contributed by atoms with Crippen LogP contribution in [0.15, 0.2) is 24.3 Å². The maximum atomic E-state index is 5.20. The summed E-state index contributed by atoms with van der Waals surface area (Å²) in [6, 6.07) is 7.81. The second-order valence-corrected chi connectivity index (χ2v) is 2.31. The normalized spacial score (nSPS) is 8.73. The fourth-order valence-electron chi connectivity index (χ4n) is 0.830. The van der Waals surface area contributed by atoms with Gasteiger partial charge >= 0.3 is 0 Å². The van der Waals surface area contributed by atoms with Crippen LogP contribution >= 0.6 is 0 Å². The Labute approximate surface area is 67.0 Å². The van der Waals surface area contributed by atoms with Gasteiger partial charge < -0.3 is 4.74 Å². The van der Waals surface area contributed by atoms with Gasteiger partial charge in [-0.3, -0.25) is 0 Å². The summed E-state index contributed by atoms with van der Waals surface area (Å²) in [4.78, 5) is 0. The van der Waals surface area contributed by atoms with E-state index in [1.807, 2.05) is 31.2 Å². The van der Waals surface area contributed by atoms with Gasteiger partial charge in [-0.1, -0.05) is 18.1 Å². The molecule has 0 aromatic heterocycles. The van der Waals surface area contributed by atoms with Gasteiger partial charge in [0.25, 0.3) is 0 Å². The van der Waals surface area contributed by atoms with Gasteiger partial charge in [0.1, 0.15) is 12.4 Å². The Balaban J connectivity index is 2.65. The van der Waals surface area contributed by atoms with E-state index >= 15 is 0 Å². The first-order chi connectivity index (χ1) is 5.33. The van der Waals surface area contributed by atoms with Crippen molar-refractivity contribution in [2.24, 2.45) is 0 Å². The average Bonchev–Trinajstić information content (AvgIpc) is 2.01. The van der Waals surface area contributed by atoms with E-state index in [9.17, 15) is 0 Å². The molecule has 0 saturated carbocycles. The SMILES string of the molecule is C#CCOc1cccc(C)c1. The van der Waals surface area contributed by atoms with E-state index in [1.54, 1.807) is 0 Å². The molecule has 0 amide bonds. The van der Waals surface area contributed by atoms with Crippen molar-refractivity contribution in [3.63, 3.8) is 0 Å². The Morgan fingerprint density at radius 1 is 1.55 bits per heavy atom. The summed E-state index contributed by atoms with van der Waals surface area (Å²) in [5.74, 6) is 3.25. The molecule has 0 aliphatic rings. The number of hydrogen-bond donors (Lipinski definition) is 0. The smallest absolute Gasteiger partial charge is 0.148 e. The number of ether oxygens (including phenoxy) is 1. The lowest BCUT2D eigenvalue weighted by Gasteiger charge is -2.01. The molecule has 1 rings (SSSR count). The maximum Gasteiger partial charge on any atom is 0.148 e. The van der Waals surface area contributed by atoms with E-state index in [0.29, 0.717) is 6.61 Å². The first-order valence-electron chi connectivity index (χ1n) is 3.46. The number of terminal acetylenes is 1. The fourth-order valence-corrected chi connectivity index (χ4v) is 0.830. The van der Waals surface area contributed by atoms with Crippen LogP contribution in [-0.2, 0) is 0 Å². The predicted molar refractivity (Wildman–Crippen MR) is 45.5 cm³/mol. The average molecular weight is 146 g/mol. The Morgan fingerprint density at radius 2 is 2.36 bits per heavy atom. The van der Waals surface area contributed by atoms with Crippen LogP contribution in [0.25, 0.3) is 0 Å². The second-order valence-electron chi connectivity index (χ2n) is 2.31. The van der Waals surface area contributed by atoms with Crippen molar-refractivity contribution in [3.8, 4) is 18.1 Å². The molecule has 0 aliphatic heterocycles. The van der Waals surface area contributed by atoms with Crippen LogP contribution in [0.3, 0.4) is 0 Å². The van der Waals surface area contributed by atoms with Gasteiger partial charge in [0.2, 0.25) is 0 Å². The highest BCUT2D eigenvalue weighted by atomic mass is 16.5. The molecular formula is C10H10O. The minimum Gasteiger partial charge on any atom is -0.481 e. The Morgan fingerprint density at radius 3 is 3.00 bits per heavy atom. The molecule has 0 bridgehead atoms. The largest absolute Gasteiger partial charge is 0.481 e. The van der Waals surface area contributed by atoms with Gasteiger partial charge in [-0.05, 0) is 24.6 Å². The zero-order valence-corrected chi connectivity index (χ0v) is 6.50. The summed E-state index contributed by atoms with van der Waals surface area (Å²) in [6.07, 6.45) is 5.04. The van der Waals surface area contributed by atoms with Gasteiger partial charge in [-0.25, -0.2) is 0 Å². The van der Waals surface area contributed by atoms with E-state index in [1.165, 1.54) is 5.56 Å². The van der Waals surface area contributed by atoms with Crippen molar-refractivity contribution in [1.29, 1.82) is 0 Å². The molecule has 0 aliphatic carbocycles. The topological polar surface area (TPSA) is 9.23 Å². The molecule has 1 heteroatoms. The highest BCUT2D eigenvalue weighted by Gasteiger charge is 1.89. The quantitative estimate of drug-likeness (QED) is 0.580. The van der Waals surface area contributed by atoms with Gasteiger partial charge in [0.15, 0.2) is 0 Å². The Hall–Kier alpha value is -1.42. The summed E-state index contributed by atoms with van der Waals surface area (Å²) >= 11 is 0. The zero-order chi connectivity index (χ0) is 8.10. The van der Waals surface area contributed by atoms with E-state index in [0.717, 1.165) is 5.75 Å². The molecule has 0 saturated heterocycles. The van der Waals surface area contributed by atoms with Crippen LogP contribution in [0.2, 0.25) is 0 Å². The standard InChI is InChI=1S/C10H10O/c1-3-7-11-10-6-4-5-9(2)8-10/h1,4-6,8H,7H2,2H3. The van der Waals surface area contributed by atoms with Crippen LogP contribution in [0, 0.1) is 19.3 Å². The third-order valence-electron chi connectivity index (χ3n) is 1.31. The van der Waals surface area contributed by atoms with Crippen molar-refractivity contribution < 1.29 is 4.74 Å². The van der Waals surface area contributed by atoms with Gasteiger partial charge in [0.05, 0.1) is 0 Å². The lowest BCUT2D eigenvalue weighted by molar-refractivity contribution is 0.370. The monoisotopic (exact) mass is 146 g/mol. The van der Waals surface area contributed by atoms with Gasteiger partial charge in [-0.15, -0.1) is 6.42 Å². The lowest BCUT2D eigenvalue weighted by Crippen LogP contribution is -1.92. The fraction of sp³-hybridized carbons (Fsp3) is 0.200. The molecule has 0 N–H and O–H groups in total. The maximum absolute atomic E-state index is 5.20. The summed E-state index contributed by atoms with van der Waals surface area (Å²) < 4.78 is 5.20. The van der Waals surface area contributed by atoms with Crippen molar-refractivity contribution in [2.75, 3.05) is 6.61 Å². The van der Waals surface area contributed by atoms with Crippen LogP contribution < -0.4 is 4.74 Å². The molecule has 0 atom stereocenters. The summed E-state index contributed by atoms with van der Waals surface area (Å²) in [7, 11) is 0. The van der Waals surface area contributed by atoms with E-state index in [2.05, 4.69) is 5.92 Å². The summed E-state index contributed by atoms with van der Waals surface area (Å²) in [5, 5.41) is 0. The molecule has 0 radical (unpaired) electrons. The molecule has 1 nitrogen and oxygen atoms in total. The van der Waals surface area contributed by atoms with Crippen molar-refractivity contribution >= 4 is 0 Å². The zero-order valence-electron chi connectivity index (χ0n) is 6.50. The summed E-state index contributed by atoms with van der Waals surface area (Å²) in [6.45, 7) is 2.35. The van der Waals surface area contributed by atoms with Crippen molar-refractivity contribution in [1.82, 2.24) is 0 Å². The van der Waals surface area contributed by atoms with E-state index < -0.39 is 0 Å². The molecule has 56 valence electrons. The molecule has 1 aromatic rings. The first kappa shape index (κ1) is 7.68. The van der Waals surface area contributed by atoms with Crippen molar-refractivity contribution in [3.05, 3.63) is 29.8 Å². The highest BCUT2D eigenvalue weighted by molar-refractivity contribution is 5.27. The second kappa shape index (κ2) is 3.68.